The Balaban J connectivity index is 1.37. The van der Waals surface area contributed by atoms with Crippen LogP contribution in [0.25, 0.3) is 0 Å². The van der Waals surface area contributed by atoms with Gasteiger partial charge in [0.15, 0.2) is 0 Å². The third-order valence-electron chi connectivity index (χ3n) is 5.86. The number of ketones is 1. The average Bonchev–Trinajstić information content (AvgIpc) is 3.33. The van der Waals surface area contributed by atoms with Gasteiger partial charge in [-0.15, -0.1) is 11.3 Å². The van der Waals surface area contributed by atoms with Crippen LogP contribution in [0.2, 0.25) is 0 Å². The van der Waals surface area contributed by atoms with Gasteiger partial charge < -0.3 is 19.5 Å². The fourth-order valence-electron chi connectivity index (χ4n) is 4.13. The second kappa shape index (κ2) is 8.43. The molecular formula is C23H28N3O2S+. The fraction of sp³-hybridized carbons (Fsp3) is 0.348. The minimum Gasteiger partial charge on any atom is -0.508 e. The Kier molecular flexibility index (Phi) is 5.74. The Morgan fingerprint density at radius 2 is 1.86 bits per heavy atom. The van der Waals surface area contributed by atoms with Crippen LogP contribution in [0.3, 0.4) is 0 Å². The van der Waals surface area contributed by atoms with Crippen LogP contribution >= 0.6 is 11.3 Å². The maximum Gasteiger partial charge on any atom is 0.218 e. The third-order valence-corrected chi connectivity index (χ3v) is 6.73. The van der Waals surface area contributed by atoms with Crippen LogP contribution in [-0.4, -0.2) is 48.2 Å². The van der Waals surface area contributed by atoms with Crippen LogP contribution < -0.4 is 9.80 Å². The van der Waals surface area contributed by atoms with Gasteiger partial charge in [-0.05, 0) is 55.6 Å². The highest BCUT2D eigenvalue weighted by molar-refractivity contribution is 7.09. The summed E-state index contributed by atoms with van der Waals surface area (Å²) < 4.78 is 2.25. The molecule has 0 spiro atoms. The van der Waals surface area contributed by atoms with Gasteiger partial charge in [0.05, 0.1) is 32.7 Å². The van der Waals surface area contributed by atoms with E-state index in [-0.39, 0.29) is 5.78 Å². The summed E-state index contributed by atoms with van der Waals surface area (Å²) in [6.45, 7) is 9.26. The summed E-state index contributed by atoms with van der Waals surface area (Å²) in [7, 11) is 0. The van der Waals surface area contributed by atoms with Gasteiger partial charge in [0, 0.05) is 27.5 Å². The number of Topliss-reactive ketones (excluding diaryl/α,β-unsaturated/α-hetero) is 1. The van der Waals surface area contributed by atoms with Crippen LogP contribution in [-0.2, 0) is 6.54 Å². The number of carbonyl (C=O) groups excluding carboxylic acids is 1. The lowest BCUT2D eigenvalue weighted by Crippen LogP contribution is -3.15. The van der Waals surface area contributed by atoms with Crippen LogP contribution in [0.15, 0.2) is 47.8 Å². The zero-order chi connectivity index (χ0) is 20.4. The zero-order valence-corrected chi connectivity index (χ0v) is 17.8. The number of nitrogens with zero attached hydrogens (tertiary/aromatic N) is 2. The van der Waals surface area contributed by atoms with Crippen LogP contribution in [0.1, 0.15) is 26.6 Å². The number of phenolic OH excluding ortho intramolecular Hbond substituents is 1. The summed E-state index contributed by atoms with van der Waals surface area (Å²) in [5, 5.41) is 11.6. The molecular weight excluding hydrogens is 382 g/mol. The van der Waals surface area contributed by atoms with Gasteiger partial charge in [0.1, 0.15) is 12.3 Å². The molecule has 0 radical (unpaired) electrons. The summed E-state index contributed by atoms with van der Waals surface area (Å²) in [6.07, 6.45) is 0. The van der Waals surface area contributed by atoms with Crippen molar-refractivity contribution in [3.05, 3.63) is 69.7 Å². The lowest BCUT2D eigenvalue weighted by molar-refractivity contribution is -0.892. The van der Waals surface area contributed by atoms with E-state index < -0.39 is 0 Å². The average molecular weight is 411 g/mol. The van der Waals surface area contributed by atoms with Crippen LogP contribution in [0.5, 0.6) is 5.75 Å². The highest BCUT2D eigenvalue weighted by Crippen LogP contribution is 2.20. The van der Waals surface area contributed by atoms with E-state index in [4.69, 9.17) is 0 Å². The molecule has 0 saturated carbocycles. The van der Waals surface area contributed by atoms with Gasteiger partial charge in [-0.25, -0.2) is 0 Å². The van der Waals surface area contributed by atoms with E-state index >= 15 is 0 Å². The first-order valence-electron chi connectivity index (χ1n) is 10.1. The van der Waals surface area contributed by atoms with Crippen LogP contribution in [0.4, 0.5) is 5.69 Å². The molecule has 6 heteroatoms. The van der Waals surface area contributed by atoms with Gasteiger partial charge in [-0.1, -0.05) is 6.07 Å². The summed E-state index contributed by atoms with van der Waals surface area (Å²) in [6, 6.07) is 13.6. The van der Waals surface area contributed by atoms with Crippen molar-refractivity contribution < 1.29 is 14.8 Å². The van der Waals surface area contributed by atoms with Gasteiger partial charge in [-0.3, -0.25) is 4.79 Å². The molecule has 5 nitrogen and oxygen atoms in total. The zero-order valence-electron chi connectivity index (χ0n) is 17.0. The van der Waals surface area contributed by atoms with E-state index in [1.54, 1.807) is 23.5 Å². The molecule has 0 aliphatic carbocycles. The SMILES string of the molecule is Cc1cc(C(=O)C[NH+]2CCN(c3ccc(O)cc3)CC2)c(C)n1Cc1cccs1. The lowest BCUT2D eigenvalue weighted by atomic mass is 10.1. The first-order valence-corrected chi connectivity index (χ1v) is 11.0. The third kappa shape index (κ3) is 4.38. The summed E-state index contributed by atoms with van der Waals surface area (Å²) in [5.74, 6) is 0.531. The molecule has 2 N–H and O–H groups in total. The first-order chi connectivity index (χ1) is 14.0. The van der Waals surface area contributed by atoms with E-state index in [2.05, 4.69) is 46.9 Å². The van der Waals surface area contributed by atoms with E-state index in [9.17, 15) is 9.90 Å². The number of aromatic nitrogens is 1. The molecule has 1 aliphatic heterocycles. The molecule has 1 saturated heterocycles. The summed E-state index contributed by atoms with van der Waals surface area (Å²) in [4.78, 5) is 18.0. The predicted octanol–water partition coefficient (Wildman–Crippen LogP) is 2.51. The number of carbonyl (C=O) groups is 1. The van der Waals surface area contributed by atoms with Crippen molar-refractivity contribution in [1.82, 2.24) is 4.57 Å². The first kappa shape index (κ1) is 19.7. The molecule has 4 rings (SSSR count). The van der Waals surface area contributed by atoms with E-state index in [0.717, 1.165) is 55.4 Å². The maximum atomic E-state index is 13.0. The number of aryl methyl sites for hydroxylation is 1. The molecule has 3 aromatic rings. The van der Waals surface area contributed by atoms with Gasteiger partial charge in [0.25, 0.3) is 0 Å². The second-order valence-electron chi connectivity index (χ2n) is 7.80. The molecule has 0 bridgehead atoms. The number of quaternary nitrogens is 1. The standard InChI is InChI=1S/C23H27N3O2S/c1-17-14-22(18(2)26(17)15-21-4-3-13-29-21)23(28)16-24-9-11-25(12-10-24)19-5-7-20(27)8-6-19/h3-8,13-14,27H,9-12,15-16H2,1-2H3/p+1. The quantitative estimate of drug-likeness (QED) is 0.614. The number of phenols is 1. The molecule has 2 aromatic heterocycles. The largest absolute Gasteiger partial charge is 0.508 e. The number of anilines is 1. The van der Waals surface area contributed by atoms with Gasteiger partial charge >= 0.3 is 0 Å². The maximum absolute atomic E-state index is 13.0. The Labute approximate surface area is 175 Å². The summed E-state index contributed by atoms with van der Waals surface area (Å²) >= 11 is 1.75. The number of thiophene rings is 1. The van der Waals surface area contributed by atoms with E-state index in [1.807, 2.05) is 12.1 Å². The number of piperazine rings is 1. The minimum atomic E-state index is 0.239. The fourth-order valence-corrected chi connectivity index (χ4v) is 4.82. The smallest absolute Gasteiger partial charge is 0.218 e. The van der Waals surface area contributed by atoms with Crippen molar-refractivity contribution in [3.8, 4) is 5.75 Å². The number of benzene rings is 1. The van der Waals surface area contributed by atoms with Crippen molar-refractivity contribution in [2.75, 3.05) is 37.6 Å². The number of rotatable bonds is 6. The number of hydrogen-bond acceptors (Lipinski definition) is 4. The normalized spacial score (nSPS) is 15.0. The van der Waals surface area contributed by atoms with Crippen molar-refractivity contribution in [2.45, 2.75) is 20.4 Å². The molecule has 3 heterocycles. The molecule has 0 unspecified atom stereocenters. The van der Waals surface area contributed by atoms with E-state index in [1.165, 1.54) is 9.78 Å². The van der Waals surface area contributed by atoms with Crippen LogP contribution in [0, 0.1) is 13.8 Å². The number of hydrogen-bond donors (Lipinski definition) is 2. The predicted molar refractivity (Wildman–Crippen MR) is 118 cm³/mol. The van der Waals surface area contributed by atoms with E-state index in [0.29, 0.717) is 12.3 Å². The Morgan fingerprint density at radius 1 is 1.14 bits per heavy atom. The topological polar surface area (TPSA) is 49.9 Å². The Morgan fingerprint density at radius 3 is 2.52 bits per heavy atom. The molecule has 1 aliphatic rings. The van der Waals surface area contributed by atoms with Crippen molar-refractivity contribution in [1.29, 1.82) is 0 Å². The summed E-state index contributed by atoms with van der Waals surface area (Å²) in [5.41, 5.74) is 4.22. The molecule has 1 fully saturated rings. The molecule has 29 heavy (non-hydrogen) atoms. The van der Waals surface area contributed by atoms with Crippen molar-refractivity contribution >= 4 is 22.8 Å². The molecule has 0 amide bonds. The second-order valence-corrected chi connectivity index (χ2v) is 8.84. The Bertz CT molecular complexity index is 968. The number of aromatic hydroxyl groups is 1. The monoisotopic (exact) mass is 410 g/mol. The van der Waals surface area contributed by atoms with Gasteiger partial charge in [-0.2, -0.15) is 0 Å². The van der Waals surface area contributed by atoms with Crippen molar-refractivity contribution in [2.24, 2.45) is 0 Å². The van der Waals surface area contributed by atoms with Crippen molar-refractivity contribution in [3.63, 3.8) is 0 Å². The lowest BCUT2D eigenvalue weighted by Gasteiger charge is -2.33. The highest BCUT2D eigenvalue weighted by atomic mass is 32.1. The molecule has 152 valence electrons. The number of nitrogens with one attached hydrogen (secondary N) is 1. The highest BCUT2D eigenvalue weighted by Gasteiger charge is 2.25. The van der Waals surface area contributed by atoms with Gasteiger partial charge in [0.2, 0.25) is 5.78 Å². The minimum absolute atomic E-state index is 0.239. The Hall–Kier alpha value is -2.57. The molecule has 1 aromatic carbocycles. The molecule has 0 atom stereocenters.